The first-order valence-electron chi connectivity index (χ1n) is 0.983. The van der Waals surface area contributed by atoms with Crippen molar-refractivity contribution in [2.24, 2.45) is 0 Å². The van der Waals surface area contributed by atoms with E-state index >= 15 is 0 Å². The fourth-order valence-electron chi connectivity index (χ4n) is 0. The summed E-state index contributed by atoms with van der Waals surface area (Å²) in [6.07, 6.45) is 1.74. The molecular formula is CH4ORaS. The van der Waals surface area contributed by atoms with Gasteiger partial charge in [0.1, 0.15) is 0 Å². The molecule has 22 valence electrons. The van der Waals surface area contributed by atoms with Crippen LogP contribution < -0.4 is 0 Å². The Hall–Kier alpha value is 1.78. The summed E-state index contributed by atoms with van der Waals surface area (Å²) in [4.78, 5) is 0. The van der Waals surface area contributed by atoms with Crippen molar-refractivity contribution in [2.45, 2.75) is 0 Å². The maximum atomic E-state index is 9.66. The number of rotatable bonds is 0. The summed E-state index contributed by atoms with van der Waals surface area (Å²) >= 11 is 0.287. The van der Waals surface area contributed by atoms with Gasteiger partial charge in [0.25, 0.3) is 0 Å². The first-order chi connectivity index (χ1) is 1.73. The van der Waals surface area contributed by atoms with Gasteiger partial charge >= 0.3 is 55.8 Å². The second-order valence-electron chi connectivity index (χ2n) is 0.742. The van der Waals surface area contributed by atoms with Crippen molar-refractivity contribution < 1.29 is 45.3 Å². The quantitative estimate of drug-likeness (QED) is 0.555. The third-order valence-corrected chi connectivity index (χ3v) is 0. The van der Waals surface area contributed by atoms with E-state index in [0.717, 1.165) is 0 Å². The van der Waals surface area contributed by atoms with E-state index in [1.807, 2.05) is 0 Å². The van der Waals surface area contributed by atoms with Crippen LogP contribution in [0.1, 0.15) is 0 Å². The molecule has 1 atom stereocenters. The Kier molecular flexibility index (Phi) is 4.31. The summed E-state index contributed by atoms with van der Waals surface area (Å²) in [7, 11) is 0. The molecule has 0 spiro atoms. The molecular weight excluding hydrogens is 286 g/mol. The molecule has 4 heavy (non-hydrogen) atoms. The van der Waals surface area contributed by atoms with Gasteiger partial charge in [-0.1, -0.05) is 0 Å². The fraction of sp³-hybridized carbons (Fsp3) is 1.00. The third-order valence-electron chi connectivity index (χ3n) is 0. The number of hydrogen-bond acceptors (Lipinski definition) is 1. The van der Waals surface area contributed by atoms with E-state index in [2.05, 4.69) is 0 Å². The molecule has 0 bridgehead atoms. The van der Waals surface area contributed by atoms with Crippen molar-refractivity contribution in [3.05, 3.63) is 0 Å². The first kappa shape index (κ1) is 5.78. The molecule has 0 N–H and O–H groups in total. The van der Waals surface area contributed by atoms with Crippen LogP contribution in [-0.2, 0) is 4.26 Å². The normalized spacial score (nSPS) is 15.2. The van der Waals surface area contributed by atoms with Crippen LogP contribution in [0.3, 0.4) is 0 Å². The predicted molar refractivity (Wildman–Crippen MR) is 15.5 cm³/mol. The van der Waals surface area contributed by atoms with Crippen LogP contribution in [0.15, 0.2) is 0 Å². The molecule has 0 radical (unpaired) electrons. The standard InChI is InChI=1S/CH4OS.Ra.H/c1-3-2;;/h2H,1H3;;/q;+1;/p-1. The molecule has 0 aromatic rings. The Labute approximate surface area is 54.8 Å². The maximum absolute atomic E-state index is 9.66. The topological polar surface area (TPSA) is 23.1 Å². The van der Waals surface area contributed by atoms with Gasteiger partial charge in [-0.05, 0) is 0 Å². The van der Waals surface area contributed by atoms with E-state index in [1.54, 1.807) is 6.26 Å². The molecule has 0 saturated heterocycles. The summed E-state index contributed by atoms with van der Waals surface area (Å²) in [6, 6.07) is 0. The SMILES string of the molecule is C[S+]([O-])[RaH]. The Morgan fingerprint density at radius 1 is 2.00 bits per heavy atom. The van der Waals surface area contributed by atoms with Crippen LogP contribution in [0.5, 0.6) is 0 Å². The van der Waals surface area contributed by atoms with E-state index in [4.69, 9.17) is 0 Å². The molecule has 0 aliphatic rings. The molecule has 0 heterocycles. The molecule has 1 nitrogen and oxygen atoms in total. The molecule has 0 saturated carbocycles. The van der Waals surface area contributed by atoms with Crippen molar-refractivity contribution in [1.29, 1.82) is 0 Å². The molecule has 1 unspecified atom stereocenters. The molecule has 0 amide bonds. The van der Waals surface area contributed by atoms with Crippen LogP contribution in [-0.4, -0.2) is 10.8 Å². The minimum atomic E-state index is -0.382. The van der Waals surface area contributed by atoms with Crippen LogP contribution in [0.2, 0.25) is 0 Å². The van der Waals surface area contributed by atoms with Gasteiger partial charge < -0.3 is 0 Å². The van der Waals surface area contributed by atoms with Crippen LogP contribution in [0.25, 0.3) is 0 Å². The van der Waals surface area contributed by atoms with E-state index < -0.39 is 0 Å². The number of hydrogen-bond donors (Lipinski definition) is 0. The molecule has 3 heteroatoms. The van der Waals surface area contributed by atoms with Gasteiger partial charge in [0, 0.05) is 0 Å². The Bertz CT molecular complexity index is 12.8. The monoisotopic (exact) mass is 290 g/mol. The second kappa shape index (κ2) is 2.99. The second-order valence-corrected chi connectivity index (χ2v) is 16.4. The van der Waals surface area contributed by atoms with Crippen molar-refractivity contribution >= 4 is 4.26 Å². The summed E-state index contributed by atoms with van der Waals surface area (Å²) in [6.45, 7) is 0. The van der Waals surface area contributed by atoms with Gasteiger partial charge in [-0.2, -0.15) is 0 Å². The van der Waals surface area contributed by atoms with Gasteiger partial charge in [0.2, 0.25) is 0 Å². The van der Waals surface area contributed by atoms with Gasteiger partial charge in [0.05, 0.1) is 0 Å². The Morgan fingerprint density at radius 3 is 2.00 bits per heavy atom. The van der Waals surface area contributed by atoms with Gasteiger partial charge in [-0.15, -0.1) is 0 Å². The van der Waals surface area contributed by atoms with E-state index in [-0.39, 0.29) is 45.0 Å². The molecule has 0 aliphatic carbocycles. The average Bonchev–Trinajstić information content (AvgIpc) is 0.811. The zero-order valence-corrected chi connectivity index (χ0v) is 11.9. The molecule has 0 aliphatic heterocycles. The van der Waals surface area contributed by atoms with Crippen molar-refractivity contribution in [2.75, 3.05) is 6.26 Å². The summed E-state index contributed by atoms with van der Waals surface area (Å²) in [5.41, 5.74) is 0. The molecule has 0 aromatic heterocycles. The average molecular weight is 290 g/mol. The summed E-state index contributed by atoms with van der Waals surface area (Å²) < 4.78 is 9.28. The predicted octanol–water partition coefficient (Wildman–Crippen LogP) is -0.438. The Balaban J connectivity index is 2.32. The summed E-state index contributed by atoms with van der Waals surface area (Å²) in [5.74, 6) is 0. The Morgan fingerprint density at radius 2 is 2.00 bits per heavy atom. The zero-order chi connectivity index (χ0) is 3.58. The molecule has 0 aromatic carbocycles. The third kappa shape index (κ3) is 9.22. The van der Waals surface area contributed by atoms with Crippen LogP contribution >= 0.6 is 0 Å². The van der Waals surface area contributed by atoms with Crippen LogP contribution in [0.4, 0.5) is 0 Å². The van der Waals surface area contributed by atoms with E-state index in [0.29, 0.717) is 0 Å². The summed E-state index contributed by atoms with van der Waals surface area (Å²) in [5, 5.41) is 0. The van der Waals surface area contributed by atoms with Crippen molar-refractivity contribution in [3.63, 3.8) is 0 Å². The van der Waals surface area contributed by atoms with Gasteiger partial charge in [-0.3, -0.25) is 0 Å². The zero-order valence-electron chi connectivity index (χ0n) is 2.82. The molecule has 0 fully saturated rings. The van der Waals surface area contributed by atoms with Crippen LogP contribution in [0, 0.1) is 40.7 Å². The first-order valence-corrected chi connectivity index (χ1v) is 13.0. The minimum absolute atomic E-state index is 0.287. The van der Waals surface area contributed by atoms with E-state index in [1.165, 1.54) is 0 Å². The van der Waals surface area contributed by atoms with Crippen molar-refractivity contribution in [3.8, 4) is 0 Å². The van der Waals surface area contributed by atoms with Gasteiger partial charge in [-0.25, -0.2) is 0 Å². The van der Waals surface area contributed by atoms with Gasteiger partial charge in [0.15, 0.2) is 0 Å². The molecule has 0 rings (SSSR count). The fourth-order valence-corrected chi connectivity index (χ4v) is 0. The van der Waals surface area contributed by atoms with E-state index in [9.17, 15) is 4.55 Å². The van der Waals surface area contributed by atoms with Crippen molar-refractivity contribution in [1.82, 2.24) is 0 Å².